The zero-order chi connectivity index (χ0) is 15.9. The van der Waals surface area contributed by atoms with Crippen LogP contribution in [-0.2, 0) is 25.5 Å². The molecule has 1 aliphatic rings. The van der Waals surface area contributed by atoms with Crippen molar-refractivity contribution in [3.63, 3.8) is 0 Å². The van der Waals surface area contributed by atoms with E-state index in [4.69, 9.17) is 9.94 Å². The number of esters is 2. The van der Waals surface area contributed by atoms with Crippen LogP contribution < -0.4 is 40.4 Å². The van der Waals surface area contributed by atoms with Crippen LogP contribution in [0.2, 0.25) is 0 Å². The Labute approximate surface area is 157 Å². The molecule has 1 unspecified atom stereocenters. The van der Waals surface area contributed by atoms with Gasteiger partial charge >= 0.3 is 41.5 Å². The van der Waals surface area contributed by atoms with Crippen LogP contribution in [0, 0.1) is 5.92 Å². The molecule has 1 aromatic rings. The van der Waals surface area contributed by atoms with Crippen LogP contribution >= 0.6 is 0 Å². The van der Waals surface area contributed by atoms with Crippen molar-refractivity contribution in [3.8, 4) is 0 Å². The van der Waals surface area contributed by atoms with E-state index in [1.807, 2.05) is 0 Å². The number of hydrogen-bond donors (Lipinski definition) is 3. The summed E-state index contributed by atoms with van der Waals surface area (Å²) in [5.74, 6) is -3.83. The van der Waals surface area contributed by atoms with E-state index >= 15 is 0 Å². The number of ether oxygens (including phenoxy) is 1. The van der Waals surface area contributed by atoms with E-state index in [1.54, 1.807) is 30.3 Å². The van der Waals surface area contributed by atoms with Crippen molar-refractivity contribution in [3.05, 3.63) is 35.9 Å². The maximum atomic E-state index is 12.1. The number of benzene rings is 1. The minimum Gasteiger partial charge on any atom is -1.00 e. The normalized spacial score (nSPS) is 17.7. The summed E-state index contributed by atoms with van der Waals surface area (Å²) in [5.41, 5.74) is 2.16. The Kier molecular flexibility index (Phi) is 8.43. The average molecular weight is 330 g/mol. The number of amides is 1. The Morgan fingerprint density at radius 1 is 1.35 bits per heavy atom. The van der Waals surface area contributed by atoms with Crippen LogP contribution in [0.3, 0.4) is 0 Å². The van der Waals surface area contributed by atoms with Crippen molar-refractivity contribution in [2.75, 3.05) is 6.54 Å². The van der Waals surface area contributed by atoms with Gasteiger partial charge in [-0.25, -0.2) is 10.3 Å². The molecule has 1 aromatic carbocycles. The van der Waals surface area contributed by atoms with Crippen LogP contribution in [0.1, 0.15) is 19.8 Å². The fraction of sp³-hybridized carbons (Fsp3) is 0.400. The molecule has 0 spiro atoms. The van der Waals surface area contributed by atoms with Gasteiger partial charge in [0.2, 0.25) is 0 Å². The van der Waals surface area contributed by atoms with Crippen molar-refractivity contribution >= 4 is 17.8 Å². The number of rotatable bonds is 5. The van der Waals surface area contributed by atoms with Crippen molar-refractivity contribution in [2.45, 2.75) is 25.3 Å². The molecule has 1 saturated heterocycles. The van der Waals surface area contributed by atoms with Gasteiger partial charge in [0.1, 0.15) is 12.0 Å². The van der Waals surface area contributed by atoms with E-state index in [2.05, 4.69) is 5.32 Å². The number of carbonyl (C=O) groups is 3. The Balaban J connectivity index is 0.00000264. The second-order valence-electron chi connectivity index (χ2n) is 5.11. The molecule has 0 aromatic heterocycles. The Morgan fingerprint density at radius 2 is 2.04 bits per heavy atom. The SMILES string of the molecule is O=C(NO)C(Cc1ccccc1)C(=O)OC(=O)[C@@H]1CCCN1.[H-].[Na+]. The molecule has 120 valence electrons. The van der Waals surface area contributed by atoms with Gasteiger partial charge < -0.3 is 11.5 Å². The van der Waals surface area contributed by atoms with E-state index in [1.165, 1.54) is 5.48 Å². The van der Waals surface area contributed by atoms with Crippen LogP contribution in [0.15, 0.2) is 30.3 Å². The van der Waals surface area contributed by atoms with E-state index in [-0.39, 0.29) is 37.4 Å². The number of nitrogens with one attached hydrogen (secondary N) is 2. The standard InChI is InChI=1S/C15H18N2O5.Na.H/c18-13(17-21)11(9-10-5-2-1-3-6-10)14(19)22-15(20)12-7-4-8-16-12;;/h1-3,5-6,11-12,16,21H,4,7-9H2,(H,17,18);;/q;+1;-1/t11?,12-;;/m0../s1. The predicted octanol–water partition coefficient (Wildman–Crippen LogP) is -2.71. The summed E-state index contributed by atoms with van der Waals surface area (Å²) in [6.45, 7) is 0.693. The molecular weight excluding hydrogens is 311 g/mol. The second-order valence-corrected chi connectivity index (χ2v) is 5.11. The Hall–Kier alpha value is -1.25. The molecule has 7 nitrogen and oxygen atoms in total. The van der Waals surface area contributed by atoms with Crippen molar-refractivity contribution in [2.24, 2.45) is 5.92 Å². The Bertz CT molecular complexity index is 552. The largest absolute Gasteiger partial charge is 1.00 e. The molecule has 0 bridgehead atoms. The summed E-state index contributed by atoms with van der Waals surface area (Å²) >= 11 is 0. The maximum Gasteiger partial charge on any atom is 1.00 e. The zero-order valence-corrected chi connectivity index (χ0v) is 15.0. The van der Waals surface area contributed by atoms with Crippen molar-refractivity contribution < 1.29 is 55.3 Å². The molecule has 0 radical (unpaired) electrons. The molecule has 2 rings (SSSR count). The number of hydrogen-bond acceptors (Lipinski definition) is 6. The van der Waals surface area contributed by atoms with Gasteiger partial charge in [-0.3, -0.25) is 14.8 Å². The van der Waals surface area contributed by atoms with Crippen molar-refractivity contribution in [1.29, 1.82) is 0 Å². The smallest absolute Gasteiger partial charge is 1.00 e. The maximum absolute atomic E-state index is 12.1. The first-order valence-corrected chi connectivity index (χ1v) is 7.08. The van der Waals surface area contributed by atoms with E-state index in [9.17, 15) is 14.4 Å². The van der Waals surface area contributed by atoms with Gasteiger partial charge in [0.15, 0.2) is 0 Å². The quantitative estimate of drug-likeness (QED) is 0.178. The fourth-order valence-electron chi connectivity index (χ4n) is 2.34. The minimum atomic E-state index is -1.28. The summed E-state index contributed by atoms with van der Waals surface area (Å²) in [6.07, 6.45) is 1.47. The van der Waals surface area contributed by atoms with Crippen LogP contribution in [0.5, 0.6) is 0 Å². The molecule has 1 aliphatic heterocycles. The first-order chi connectivity index (χ1) is 10.6. The topological polar surface area (TPSA) is 105 Å². The minimum absolute atomic E-state index is 0. The second kappa shape index (κ2) is 9.79. The Morgan fingerprint density at radius 3 is 2.61 bits per heavy atom. The summed E-state index contributed by atoms with van der Waals surface area (Å²) in [4.78, 5) is 35.6. The monoisotopic (exact) mass is 330 g/mol. The number of hydroxylamine groups is 1. The third-order valence-corrected chi connectivity index (χ3v) is 3.54. The van der Waals surface area contributed by atoms with Crippen molar-refractivity contribution in [1.82, 2.24) is 10.8 Å². The van der Waals surface area contributed by atoms with Gasteiger partial charge in [0, 0.05) is 0 Å². The van der Waals surface area contributed by atoms with Gasteiger partial charge in [-0.15, -0.1) is 0 Å². The summed E-state index contributed by atoms with van der Waals surface area (Å²) < 4.78 is 4.78. The molecule has 8 heteroatoms. The molecule has 0 aliphatic carbocycles. The average Bonchev–Trinajstić information content (AvgIpc) is 3.07. The summed E-state index contributed by atoms with van der Waals surface area (Å²) in [7, 11) is 0. The van der Waals surface area contributed by atoms with Crippen LogP contribution in [-0.4, -0.2) is 35.6 Å². The molecule has 1 fully saturated rings. The third kappa shape index (κ3) is 5.71. The summed E-state index contributed by atoms with van der Waals surface area (Å²) in [5, 5.41) is 11.7. The molecular formula is C15H19N2NaO5. The van der Waals surface area contributed by atoms with Gasteiger partial charge in [0.05, 0.1) is 0 Å². The summed E-state index contributed by atoms with van der Waals surface area (Å²) in [6, 6.07) is 8.30. The van der Waals surface area contributed by atoms with E-state index in [0.29, 0.717) is 13.0 Å². The molecule has 1 amide bonds. The molecule has 1 heterocycles. The fourth-order valence-corrected chi connectivity index (χ4v) is 2.34. The van der Waals surface area contributed by atoms with Gasteiger partial charge in [-0.1, -0.05) is 30.3 Å². The number of carbonyl (C=O) groups excluding carboxylic acids is 3. The van der Waals surface area contributed by atoms with Gasteiger partial charge in [-0.2, -0.15) is 0 Å². The first kappa shape index (κ1) is 19.8. The molecule has 2 atom stereocenters. The third-order valence-electron chi connectivity index (χ3n) is 3.54. The van der Waals surface area contributed by atoms with E-state index < -0.39 is 29.8 Å². The molecule has 0 saturated carbocycles. The van der Waals surface area contributed by atoms with E-state index in [0.717, 1.165) is 12.0 Å². The molecule has 23 heavy (non-hydrogen) atoms. The van der Waals surface area contributed by atoms with Crippen LogP contribution in [0.4, 0.5) is 0 Å². The first-order valence-electron chi connectivity index (χ1n) is 7.08. The molecule has 3 N–H and O–H groups in total. The van der Waals surface area contributed by atoms with Crippen LogP contribution in [0.25, 0.3) is 0 Å². The van der Waals surface area contributed by atoms with Gasteiger partial charge in [-0.05, 0) is 31.4 Å². The van der Waals surface area contributed by atoms with Gasteiger partial charge in [0.25, 0.3) is 5.91 Å². The predicted molar refractivity (Wildman–Crippen MR) is 76.8 cm³/mol. The zero-order valence-electron chi connectivity index (χ0n) is 14.0.